The summed E-state index contributed by atoms with van der Waals surface area (Å²) in [4.78, 5) is 0. The molecular formula is C5H11N2+. The largest absolute Gasteiger partial charge is 0.246 e. The van der Waals surface area contributed by atoms with E-state index in [0.717, 1.165) is 0 Å². The molecule has 0 heterocycles. The van der Waals surface area contributed by atoms with Crippen molar-refractivity contribution in [3.8, 4) is 0 Å². The molecule has 0 fully saturated rings. The molecule has 0 aliphatic heterocycles. The Morgan fingerprint density at radius 1 is 1.43 bits per heavy atom. The van der Waals surface area contributed by atoms with Crippen LogP contribution in [0.15, 0.2) is 24.4 Å². The fourth-order valence-electron chi connectivity index (χ4n) is 0.239. The number of nitrogens with two attached hydrogens (primary N) is 2. The lowest BCUT2D eigenvalue weighted by Crippen LogP contribution is -2.85. The van der Waals surface area contributed by atoms with Crippen LogP contribution in [-0.2, 0) is 0 Å². The third kappa shape index (κ3) is 5.40. The molecule has 4 N–H and O–H groups in total. The molecule has 0 amide bonds. The van der Waals surface area contributed by atoms with Gasteiger partial charge in [0.25, 0.3) is 0 Å². The van der Waals surface area contributed by atoms with Gasteiger partial charge in [0, 0.05) is 0 Å². The Morgan fingerprint density at radius 3 is 2.57 bits per heavy atom. The molecule has 0 aliphatic rings. The summed E-state index contributed by atoms with van der Waals surface area (Å²) in [5.41, 5.74) is 1.50. The van der Waals surface area contributed by atoms with Crippen molar-refractivity contribution >= 4 is 0 Å². The quantitative estimate of drug-likeness (QED) is 0.274. The molecule has 0 saturated carbocycles. The van der Waals surface area contributed by atoms with E-state index in [1.807, 2.05) is 25.2 Å². The zero-order valence-corrected chi connectivity index (χ0v) is 4.46. The van der Waals surface area contributed by atoms with E-state index >= 15 is 0 Å². The minimum Gasteiger partial charge on any atom is -0.246 e. The highest BCUT2D eigenvalue weighted by atomic mass is 15.2. The molecule has 0 unspecified atom stereocenters. The standard InChI is InChI=1S/C5H10N2/c1-2-3-4-5-7-6/h2-5,7H,6H2,1H3/p+1/b3-2-,5-4-. The van der Waals surface area contributed by atoms with Crippen LogP contribution in [0.25, 0.3) is 0 Å². The van der Waals surface area contributed by atoms with Gasteiger partial charge >= 0.3 is 0 Å². The van der Waals surface area contributed by atoms with Crippen molar-refractivity contribution in [1.29, 1.82) is 0 Å². The zero-order chi connectivity index (χ0) is 5.54. The maximum Gasteiger partial charge on any atom is 0.112 e. The number of rotatable bonds is 2. The molecule has 0 aromatic carbocycles. The van der Waals surface area contributed by atoms with Gasteiger partial charge in [0.2, 0.25) is 0 Å². The summed E-state index contributed by atoms with van der Waals surface area (Å²) in [6.07, 6.45) is 7.52. The normalized spacial score (nSPS) is 11.7. The number of hydrogen-bond donors (Lipinski definition) is 2. The van der Waals surface area contributed by atoms with Gasteiger partial charge < -0.3 is 0 Å². The SMILES string of the molecule is C/C=C\C=C/[NH2+]N. The Morgan fingerprint density at radius 2 is 2.14 bits per heavy atom. The van der Waals surface area contributed by atoms with E-state index in [4.69, 9.17) is 5.84 Å². The van der Waals surface area contributed by atoms with Gasteiger partial charge in [0.15, 0.2) is 0 Å². The number of quaternary nitrogens is 1. The van der Waals surface area contributed by atoms with Crippen molar-refractivity contribution in [2.75, 3.05) is 0 Å². The molecule has 0 aliphatic carbocycles. The van der Waals surface area contributed by atoms with Crippen molar-refractivity contribution in [3.05, 3.63) is 24.4 Å². The number of hydrogen-bond acceptors (Lipinski definition) is 1. The molecule has 2 nitrogen and oxygen atoms in total. The summed E-state index contributed by atoms with van der Waals surface area (Å²) >= 11 is 0. The second-order valence-corrected chi connectivity index (χ2v) is 1.10. The predicted molar refractivity (Wildman–Crippen MR) is 30.1 cm³/mol. The Balaban J connectivity index is 3.09. The van der Waals surface area contributed by atoms with E-state index in [2.05, 4.69) is 0 Å². The smallest absolute Gasteiger partial charge is 0.112 e. The van der Waals surface area contributed by atoms with E-state index < -0.39 is 0 Å². The van der Waals surface area contributed by atoms with E-state index in [0.29, 0.717) is 0 Å². The summed E-state index contributed by atoms with van der Waals surface area (Å²) in [6, 6.07) is 0. The van der Waals surface area contributed by atoms with Gasteiger partial charge in [-0.25, -0.2) is 5.43 Å². The molecule has 0 spiro atoms. The van der Waals surface area contributed by atoms with Gasteiger partial charge in [0.1, 0.15) is 6.20 Å². The lowest BCUT2D eigenvalue weighted by Gasteiger charge is -1.71. The van der Waals surface area contributed by atoms with Gasteiger partial charge in [-0.15, -0.1) is 0 Å². The van der Waals surface area contributed by atoms with Crippen LogP contribution >= 0.6 is 0 Å². The molecule has 0 rings (SSSR count). The fourth-order valence-corrected chi connectivity index (χ4v) is 0.239. The van der Waals surface area contributed by atoms with E-state index in [1.165, 1.54) is 5.43 Å². The number of allylic oxidation sites excluding steroid dienone is 3. The van der Waals surface area contributed by atoms with Crippen LogP contribution in [0.4, 0.5) is 0 Å². The minimum absolute atomic E-state index is 1.50. The highest BCUT2D eigenvalue weighted by Gasteiger charge is 1.59. The summed E-state index contributed by atoms with van der Waals surface area (Å²) in [6.45, 7) is 1.96. The van der Waals surface area contributed by atoms with Gasteiger partial charge in [0.05, 0.1) is 0 Å². The first-order valence-corrected chi connectivity index (χ1v) is 2.24. The Bertz CT molecular complexity index is 74.1. The molecule has 0 aromatic rings. The van der Waals surface area contributed by atoms with Gasteiger partial charge in [-0.2, -0.15) is 5.84 Å². The maximum absolute atomic E-state index is 5.02. The molecule has 0 radical (unpaired) electrons. The average Bonchev–Trinajstić information content (AvgIpc) is 1.69. The molecule has 40 valence electrons. The minimum atomic E-state index is 1.50. The zero-order valence-electron chi connectivity index (χ0n) is 4.46. The van der Waals surface area contributed by atoms with E-state index in [-0.39, 0.29) is 0 Å². The van der Waals surface area contributed by atoms with Crippen molar-refractivity contribution < 1.29 is 5.43 Å². The lowest BCUT2D eigenvalue weighted by molar-refractivity contribution is -0.600. The fraction of sp³-hybridized carbons (Fsp3) is 0.200. The van der Waals surface area contributed by atoms with Gasteiger partial charge in [-0.1, -0.05) is 12.2 Å². The first kappa shape index (κ1) is 6.40. The van der Waals surface area contributed by atoms with Crippen LogP contribution in [0.5, 0.6) is 0 Å². The molecule has 0 saturated heterocycles. The van der Waals surface area contributed by atoms with Crippen molar-refractivity contribution in [2.24, 2.45) is 5.84 Å². The third-order valence-electron chi connectivity index (χ3n) is 0.526. The maximum atomic E-state index is 5.02. The molecule has 0 aromatic heterocycles. The highest BCUT2D eigenvalue weighted by Crippen LogP contribution is 1.66. The lowest BCUT2D eigenvalue weighted by atomic mass is 10.5. The van der Waals surface area contributed by atoms with Crippen LogP contribution in [0.3, 0.4) is 0 Å². The van der Waals surface area contributed by atoms with Crippen LogP contribution in [-0.4, -0.2) is 0 Å². The average molecular weight is 99.2 g/mol. The van der Waals surface area contributed by atoms with Crippen molar-refractivity contribution in [3.63, 3.8) is 0 Å². The van der Waals surface area contributed by atoms with Gasteiger partial charge in [-0.3, -0.25) is 0 Å². The second kappa shape index (κ2) is 5.40. The third-order valence-corrected chi connectivity index (χ3v) is 0.526. The van der Waals surface area contributed by atoms with E-state index in [9.17, 15) is 0 Å². The van der Waals surface area contributed by atoms with Crippen LogP contribution in [0, 0.1) is 0 Å². The summed E-state index contributed by atoms with van der Waals surface area (Å²) in [7, 11) is 0. The molecule has 7 heavy (non-hydrogen) atoms. The van der Waals surface area contributed by atoms with Crippen molar-refractivity contribution in [2.45, 2.75) is 6.92 Å². The molecule has 2 heteroatoms. The topological polar surface area (TPSA) is 42.6 Å². The predicted octanol–water partition coefficient (Wildman–Crippen LogP) is -0.487. The first-order valence-electron chi connectivity index (χ1n) is 2.24. The summed E-state index contributed by atoms with van der Waals surface area (Å²) in [5, 5.41) is 0. The Kier molecular flexibility index (Phi) is 4.94. The second-order valence-electron chi connectivity index (χ2n) is 1.10. The summed E-state index contributed by atoms with van der Waals surface area (Å²) < 4.78 is 0. The van der Waals surface area contributed by atoms with Crippen LogP contribution in [0.1, 0.15) is 6.92 Å². The molecule has 0 atom stereocenters. The highest BCUT2D eigenvalue weighted by molar-refractivity contribution is 4.96. The van der Waals surface area contributed by atoms with E-state index in [1.54, 1.807) is 6.20 Å². The first-order chi connectivity index (χ1) is 3.41. The molecule has 0 bridgehead atoms. The Labute approximate surface area is 43.7 Å². The van der Waals surface area contributed by atoms with Crippen molar-refractivity contribution in [1.82, 2.24) is 0 Å². The molecular weight excluding hydrogens is 88.1 g/mol. The monoisotopic (exact) mass is 99.1 g/mol. The van der Waals surface area contributed by atoms with Crippen LogP contribution in [0.2, 0.25) is 0 Å². The summed E-state index contributed by atoms with van der Waals surface area (Å²) in [5.74, 6) is 5.02. The van der Waals surface area contributed by atoms with Crippen LogP contribution < -0.4 is 11.3 Å². The van der Waals surface area contributed by atoms with Gasteiger partial charge in [-0.05, 0) is 13.0 Å². The Hall–Kier alpha value is -0.600.